The van der Waals surface area contributed by atoms with Crippen molar-refractivity contribution >= 4 is 6.03 Å². The van der Waals surface area contributed by atoms with Crippen molar-refractivity contribution in [3.8, 4) is 0 Å². The van der Waals surface area contributed by atoms with Gasteiger partial charge < -0.3 is 19.7 Å². The minimum absolute atomic E-state index is 0.00292. The van der Waals surface area contributed by atoms with Crippen LogP contribution in [0, 0.1) is 0 Å². The Morgan fingerprint density at radius 2 is 2.06 bits per heavy atom. The van der Waals surface area contributed by atoms with Crippen LogP contribution in [0.3, 0.4) is 0 Å². The fourth-order valence-electron chi connectivity index (χ4n) is 2.09. The molecule has 2 saturated heterocycles. The summed E-state index contributed by atoms with van der Waals surface area (Å²) >= 11 is 0. The van der Waals surface area contributed by atoms with Crippen LogP contribution < -0.4 is 5.32 Å². The van der Waals surface area contributed by atoms with E-state index < -0.39 is 0 Å². The zero-order valence-electron chi connectivity index (χ0n) is 9.99. The van der Waals surface area contributed by atoms with Gasteiger partial charge in [0.2, 0.25) is 0 Å². The number of carbonyl (C=O) groups is 1. The van der Waals surface area contributed by atoms with Crippen LogP contribution in [0.15, 0.2) is 0 Å². The lowest BCUT2D eigenvalue weighted by molar-refractivity contribution is 0.0472. The number of nitrogens with zero attached hydrogens (tertiary/aromatic N) is 1. The van der Waals surface area contributed by atoms with Gasteiger partial charge in [0.05, 0.1) is 24.9 Å². The van der Waals surface area contributed by atoms with Crippen molar-refractivity contribution < 1.29 is 14.3 Å². The van der Waals surface area contributed by atoms with Gasteiger partial charge >= 0.3 is 6.03 Å². The van der Waals surface area contributed by atoms with Crippen molar-refractivity contribution in [3.63, 3.8) is 0 Å². The molecule has 2 rings (SSSR count). The quantitative estimate of drug-likeness (QED) is 0.715. The minimum atomic E-state index is -0.227. The lowest BCUT2D eigenvalue weighted by Gasteiger charge is -2.34. The largest absolute Gasteiger partial charge is 0.378 e. The maximum Gasteiger partial charge on any atom is 0.318 e. The summed E-state index contributed by atoms with van der Waals surface area (Å²) in [6, 6.07) is 0.00292. The third-order valence-corrected chi connectivity index (χ3v) is 3.58. The van der Waals surface area contributed by atoms with Gasteiger partial charge in [0.1, 0.15) is 0 Å². The number of rotatable bonds is 1. The Balaban J connectivity index is 1.90. The second-order valence-electron chi connectivity index (χ2n) is 4.71. The third-order valence-electron chi connectivity index (χ3n) is 3.58. The van der Waals surface area contributed by atoms with Crippen LogP contribution in [0.1, 0.15) is 20.3 Å². The van der Waals surface area contributed by atoms with E-state index in [0.29, 0.717) is 26.3 Å². The highest BCUT2D eigenvalue weighted by molar-refractivity contribution is 5.75. The van der Waals surface area contributed by atoms with Gasteiger partial charge in [-0.05, 0) is 20.3 Å². The first kappa shape index (κ1) is 11.7. The van der Waals surface area contributed by atoms with E-state index in [1.165, 1.54) is 0 Å². The second kappa shape index (κ2) is 4.59. The number of morpholine rings is 1. The highest BCUT2D eigenvalue weighted by Crippen LogP contribution is 2.25. The number of nitrogens with one attached hydrogen (secondary N) is 1. The molecule has 0 aromatic rings. The van der Waals surface area contributed by atoms with E-state index in [2.05, 4.69) is 5.32 Å². The normalized spacial score (nSPS) is 35.1. The smallest absolute Gasteiger partial charge is 0.318 e. The molecule has 2 aliphatic heterocycles. The van der Waals surface area contributed by atoms with Crippen molar-refractivity contribution in [2.24, 2.45) is 0 Å². The molecule has 0 aromatic carbocycles. The highest BCUT2D eigenvalue weighted by atomic mass is 16.5. The molecule has 5 nitrogen and oxygen atoms in total. The highest BCUT2D eigenvalue weighted by Gasteiger charge is 2.39. The Morgan fingerprint density at radius 3 is 2.62 bits per heavy atom. The molecule has 0 aromatic heterocycles. The summed E-state index contributed by atoms with van der Waals surface area (Å²) in [5.74, 6) is 0. The minimum Gasteiger partial charge on any atom is -0.378 e. The average Bonchev–Trinajstić information content (AvgIpc) is 2.60. The molecule has 16 heavy (non-hydrogen) atoms. The molecular weight excluding hydrogens is 208 g/mol. The number of urea groups is 1. The van der Waals surface area contributed by atoms with E-state index in [-0.39, 0.29) is 17.7 Å². The van der Waals surface area contributed by atoms with Crippen LogP contribution in [0.25, 0.3) is 0 Å². The number of amides is 2. The van der Waals surface area contributed by atoms with Gasteiger partial charge in [-0.2, -0.15) is 0 Å². The summed E-state index contributed by atoms with van der Waals surface area (Å²) in [7, 11) is 0. The average molecular weight is 228 g/mol. The zero-order chi connectivity index (χ0) is 11.6. The Labute approximate surface area is 96.1 Å². The third kappa shape index (κ3) is 2.30. The van der Waals surface area contributed by atoms with Crippen molar-refractivity contribution in [2.45, 2.75) is 31.9 Å². The molecule has 2 heterocycles. The van der Waals surface area contributed by atoms with Gasteiger partial charge in [0.25, 0.3) is 0 Å². The van der Waals surface area contributed by atoms with Crippen molar-refractivity contribution in [3.05, 3.63) is 0 Å². The summed E-state index contributed by atoms with van der Waals surface area (Å²) in [4.78, 5) is 13.8. The molecule has 0 spiro atoms. The molecule has 5 heteroatoms. The van der Waals surface area contributed by atoms with Crippen LogP contribution in [-0.4, -0.2) is 55.5 Å². The molecule has 0 saturated carbocycles. The standard InChI is InChI=1S/C11H20N2O3/c1-9-11(2,3-6-16-9)12-10(14)13-4-7-15-8-5-13/h9H,3-8H2,1-2H3,(H,12,14). The monoisotopic (exact) mass is 228 g/mol. The SMILES string of the molecule is CC1OCCC1(C)NC(=O)N1CCOCC1. The summed E-state index contributed by atoms with van der Waals surface area (Å²) in [6.45, 7) is 7.40. The van der Waals surface area contributed by atoms with Crippen LogP contribution >= 0.6 is 0 Å². The molecule has 2 fully saturated rings. The first-order valence-corrected chi connectivity index (χ1v) is 5.88. The number of hydrogen-bond acceptors (Lipinski definition) is 3. The van der Waals surface area contributed by atoms with Crippen LogP contribution in [-0.2, 0) is 9.47 Å². The molecule has 0 bridgehead atoms. The van der Waals surface area contributed by atoms with Gasteiger partial charge in [0, 0.05) is 19.7 Å². The van der Waals surface area contributed by atoms with E-state index in [1.54, 1.807) is 4.90 Å². The van der Waals surface area contributed by atoms with Gasteiger partial charge in [0.15, 0.2) is 0 Å². The lowest BCUT2D eigenvalue weighted by Crippen LogP contribution is -2.56. The first-order valence-electron chi connectivity index (χ1n) is 5.88. The maximum absolute atomic E-state index is 12.0. The van der Waals surface area contributed by atoms with Crippen LogP contribution in [0.2, 0.25) is 0 Å². The summed E-state index contributed by atoms with van der Waals surface area (Å²) in [6.07, 6.45) is 0.960. The molecule has 2 amide bonds. The summed E-state index contributed by atoms with van der Waals surface area (Å²) < 4.78 is 10.7. The molecule has 0 aliphatic carbocycles. The molecule has 92 valence electrons. The molecule has 2 unspecified atom stereocenters. The van der Waals surface area contributed by atoms with Crippen molar-refractivity contribution in [2.75, 3.05) is 32.9 Å². The molecular formula is C11H20N2O3. The number of ether oxygens (including phenoxy) is 2. The lowest BCUT2D eigenvalue weighted by atomic mass is 9.95. The van der Waals surface area contributed by atoms with Crippen molar-refractivity contribution in [1.82, 2.24) is 10.2 Å². The van der Waals surface area contributed by atoms with Crippen LogP contribution in [0.5, 0.6) is 0 Å². The van der Waals surface area contributed by atoms with E-state index >= 15 is 0 Å². The Hall–Kier alpha value is -0.810. The maximum atomic E-state index is 12.0. The molecule has 0 radical (unpaired) electrons. The van der Waals surface area contributed by atoms with E-state index in [0.717, 1.165) is 13.0 Å². The summed E-state index contributed by atoms with van der Waals surface area (Å²) in [5.41, 5.74) is -0.227. The van der Waals surface area contributed by atoms with E-state index in [1.807, 2.05) is 13.8 Å². The summed E-state index contributed by atoms with van der Waals surface area (Å²) in [5, 5.41) is 3.08. The van der Waals surface area contributed by atoms with Gasteiger partial charge in [-0.1, -0.05) is 0 Å². The predicted octanol–water partition coefficient (Wildman–Crippen LogP) is 0.596. The fraction of sp³-hybridized carbons (Fsp3) is 0.909. The zero-order valence-corrected chi connectivity index (χ0v) is 9.99. The van der Waals surface area contributed by atoms with Crippen molar-refractivity contribution in [1.29, 1.82) is 0 Å². The Bertz CT molecular complexity index is 266. The molecule has 2 aliphatic rings. The Morgan fingerprint density at radius 1 is 1.38 bits per heavy atom. The molecule has 2 atom stereocenters. The topological polar surface area (TPSA) is 50.8 Å². The van der Waals surface area contributed by atoms with Gasteiger partial charge in [-0.25, -0.2) is 4.79 Å². The van der Waals surface area contributed by atoms with E-state index in [9.17, 15) is 4.79 Å². The van der Waals surface area contributed by atoms with Crippen LogP contribution in [0.4, 0.5) is 4.79 Å². The predicted molar refractivity (Wildman–Crippen MR) is 59.4 cm³/mol. The fourth-order valence-corrected chi connectivity index (χ4v) is 2.09. The number of carbonyl (C=O) groups excluding carboxylic acids is 1. The number of hydrogen-bond donors (Lipinski definition) is 1. The van der Waals surface area contributed by atoms with Gasteiger partial charge in [-0.15, -0.1) is 0 Å². The van der Waals surface area contributed by atoms with E-state index in [4.69, 9.17) is 9.47 Å². The Kier molecular flexibility index (Phi) is 3.35. The second-order valence-corrected chi connectivity index (χ2v) is 4.71. The van der Waals surface area contributed by atoms with Gasteiger partial charge in [-0.3, -0.25) is 0 Å². The first-order chi connectivity index (χ1) is 7.62. The molecule has 1 N–H and O–H groups in total.